The molecule has 100 valence electrons. The molecule has 7 heteroatoms. The first-order valence-electron chi connectivity index (χ1n) is 5.67. The average molecular weight is 344 g/mol. The fourth-order valence-electron chi connectivity index (χ4n) is 1.60. The van der Waals surface area contributed by atoms with Gasteiger partial charge in [-0.1, -0.05) is 38.8 Å². The minimum atomic E-state index is -0.118. The molecule has 0 atom stereocenters. The Hall–Kier alpha value is -1.24. The zero-order valence-corrected chi connectivity index (χ0v) is 12.4. The monoisotopic (exact) mass is 342 g/mol. The molecule has 0 saturated heterocycles. The second kappa shape index (κ2) is 6.27. The number of ketones is 1. The van der Waals surface area contributed by atoms with Gasteiger partial charge in [0.25, 0.3) is 0 Å². The van der Waals surface area contributed by atoms with E-state index in [1.165, 1.54) is 0 Å². The third-order valence-electron chi connectivity index (χ3n) is 2.55. The second-order valence-corrected chi connectivity index (χ2v) is 5.31. The molecule has 0 radical (unpaired) electrons. The van der Waals surface area contributed by atoms with Crippen molar-refractivity contribution in [1.82, 2.24) is 15.0 Å². The normalized spacial score (nSPS) is 10.7. The fraction of sp³-hybridized carbons (Fsp3) is 0.250. The highest BCUT2D eigenvalue weighted by molar-refractivity contribution is 9.10. The molecular formula is C12H12BrClN4O. The van der Waals surface area contributed by atoms with E-state index in [2.05, 4.69) is 26.2 Å². The number of nitrogens with two attached hydrogens (primary N) is 1. The summed E-state index contributed by atoms with van der Waals surface area (Å²) >= 11 is 9.40. The summed E-state index contributed by atoms with van der Waals surface area (Å²) in [5.74, 6) is -0.118. The number of nitrogens with zero attached hydrogens (tertiary/aromatic N) is 3. The quantitative estimate of drug-likeness (QED) is 0.844. The van der Waals surface area contributed by atoms with Crippen molar-refractivity contribution in [2.24, 2.45) is 5.73 Å². The molecule has 2 aromatic rings. The lowest BCUT2D eigenvalue weighted by Crippen LogP contribution is -2.10. The third-order valence-corrected chi connectivity index (χ3v) is 3.39. The smallest absolute Gasteiger partial charge is 0.189 e. The molecule has 0 amide bonds. The van der Waals surface area contributed by atoms with E-state index in [1.807, 2.05) is 12.1 Å². The van der Waals surface area contributed by atoms with Crippen LogP contribution in [0.1, 0.15) is 16.1 Å². The molecule has 0 fully saturated rings. The molecule has 0 aliphatic rings. The Labute approximate surface area is 123 Å². The second-order valence-electron chi connectivity index (χ2n) is 3.99. The van der Waals surface area contributed by atoms with Crippen molar-refractivity contribution in [3.63, 3.8) is 0 Å². The maximum Gasteiger partial charge on any atom is 0.189 e. The minimum absolute atomic E-state index is 0.118. The molecule has 0 bridgehead atoms. The van der Waals surface area contributed by atoms with E-state index < -0.39 is 0 Å². The van der Waals surface area contributed by atoms with Crippen LogP contribution in [0.15, 0.2) is 28.9 Å². The van der Waals surface area contributed by atoms with Crippen molar-refractivity contribution in [3.05, 3.63) is 45.1 Å². The van der Waals surface area contributed by atoms with Gasteiger partial charge in [0.2, 0.25) is 0 Å². The van der Waals surface area contributed by atoms with Crippen molar-refractivity contribution in [1.29, 1.82) is 0 Å². The van der Waals surface area contributed by atoms with Gasteiger partial charge in [0.1, 0.15) is 5.69 Å². The molecule has 0 unspecified atom stereocenters. The molecule has 0 spiro atoms. The van der Waals surface area contributed by atoms with E-state index >= 15 is 0 Å². The number of Topliss-reactive ketones (excluding diaryl/α,β-unsaturated/α-hetero) is 1. The van der Waals surface area contributed by atoms with Gasteiger partial charge in [0.05, 0.1) is 12.7 Å². The van der Waals surface area contributed by atoms with Crippen LogP contribution < -0.4 is 5.73 Å². The van der Waals surface area contributed by atoms with Gasteiger partial charge < -0.3 is 5.73 Å². The first kappa shape index (κ1) is 14.2. The summed E-state index contributed by atoms with van der Waals surface area (Å²) in [6.07, 6.45) is 1.80. The van der Waals surface area contributed by atoms with Gasteiger partial charge in [-0.15, -0.1) is 5.10 Å². The van der Waals surface area contributed by atoms with Gasteiger partial charge in [0.15, 0.2) is 5.78 Å². The summed E-state index contributed by atoms with van der Waals surface area (Å²) in [6.45, 7) is 0.995. The lowest BCUT2D eigenvalue weighted by atomic mass is 10.1. The molecular weight excluding hydrogens is 332 g/mol. The Balaban J connectivity index is 2.11. The Morgan fingerprint density at radius 3 is 2.95 bits per heavy atom. The van der Waals surface area contributed by atoms with Crippen LogP contribution in [0.4, 0.5) is 0 Å². The predicted molar refractivity (Wildman–Crippen MR) is 76.3 cm³/mol. The summed E-state index contributed by atoms with van der Waals surface area (Å²) in [4.78, 5) is 12.1. The van der Waals surface area contributed by atoms with Gasteiger partial charge in [0, 0.05) is 22.5 Å². The Bertz CT molecular complexity index is 599. The summed E-state index contributed by atoms with van der Waals surface area (Å²) in [5.41, 5.74) is 6.50. The van der Waals surface area contributed by atoms with E-state index in [1.54, 1.807) is 16.9 Å². The zero-order chi connectivity index (χ0) is 13.8. The molecule has 1 heterocycles. The van der Waals surface area contributed by atoms with Crippen LogP contribution in [0.3, 0.4) is 0 Å². The van der Waals surface area contributed by atoms with E-state index in [0.717, 1.165) is 10.0 Å². The van der Waals surface area contributed by atoms with E-state index in [9.17, 15) is 4.79 Å². The van der Waals surface area contributed by atoms with Gasteiger partial charge in [-0.05, 0) is 17.7 Å². The molecule has 0 aliphatic carbocycles. The lowest BCUT2D eigenvalue weighted by molar-refractivity contribution is 0.0988. The van der Waals surface area contributed by atoms with Gasteiger partial charge in [-0.25, -0.2) is 0 Å². The zero-order valence-electron chi connectivity index (χ0n) is 10.0. The molecule has 1 aromatic heterocycles. The summed E-state index contributed by atoms with van der Waals surface area (Å²) in [7, 11) is 0. The van der Waals surface area contributed by atoms with Crippen molar-refractivity contribution in [2.45, 2.75) is 13.0 Å². The van der Waals surface area contributed by atoms with Gasteiger partial charge in [-0.3, -0.25) is 9.48 Å². The van der Waals surface area contributed by atoms with E-state index in [4.69, 9.17) is 17.3 Å². The van der Waals surface area contributed by atoms with Crippen LogP contribution in [0.5, 0.6) is 0 Å². The topological polar surface area (TPSA) is 73.8 Å². The first-order valence-corrected chi connectivity index (χ1v) is 6.84. The molecule has 0 saturated carbocycles. The Morgan fingerprint density at radius 1 is 1.47 bits per heavy atom. The first-order chi connectivity index (χ1) is 9.10. The number of hydrogen-bond acceptors (Lipinski definition) is 4. The van der Waals surface area contributed by atoms with Crippen LogP contribution in [0.25, 0.3) is 0 Å². The van der Waals surface area contributed by atoms with Crippen molar-refractivity contribution >= 4 is 33.3 Å². The Kier molecular flexibility index (Phi) is 4.68. The molecule has 1 aromatic carbocycles. The number of benzene rings is 1. The average Bonchev–Trinajstić information content (AvgIpc) is 2.82. The number of rotatable bonds is 5. The van der Waals surface area contributed by atoms with Crippen molar-refractivity contribution in [2.75, 3.05) is 6.54 Å². The van der Waals surface area contributed by atoms with Crippen molar-refractivity contribution in [3.8, 4) is 0 Å². The van der Waals surface area contributed by atoms with Crippen LogP contribution in [0.2, 0.25) is 5.02 Å². The van der Waals surface area contributed by atoms with E-state index in [-0.39, 0.29) is 12.2 Å². The summed E-state index contributed by atoms with van der Waals surface area (Å²) in [6, 6.07) is 5.42. The standard InChI is InChI=1S/C12H12BrClN4O/c13-9-2-1-8(10(14)6-9)5-12(19)11-7-18(4-3-15)17-16-11/h1-2,6-7H,3-5,15H2. The molecule has 0 aliphatic heterocycles. The van der Waals surface area contributed by atoms with Crippen LogP contribution >= 0.6 is 27.5 Å². The maximum atomic E-state index is 12.1. The highest BCUT2D eigenvalue weighted by atomic mass is 79.9. The lowest BCUT2D eigenvalue weighted by Gasteiger charge is -2.02. The van der Waals surface area contributed by atoms with Crippen LogP contribution in [0, 0.1) is 0 Å². The number of aromatic nitrogens is 3. The number of hydrogen-bond donors (Lipinski definition) is 1. The van der Waals surface area contributed by atoms with E-state index in [0.29, 0.717) is 23.8 Å². The fourth-order valence-corrected chi connectivity index (χ4v) is 2.34. The summed E-state index contributed by atoms with van der Waals surface area (Å²) < 4.78 is 2.43. The predicted octanol–water partition coefficient (Wildman–Crippen LogP) is 2.08. The molecule has 19 heavy (non-hydrogen) atoms. The van der Waals surface area contributed by atoms with Gasteiger partial charge >= 0.3 is 0 Å². The Morgan fingerprint density at radius 2 is 2.26 bits per heavy atom. The largest absolute Gasteiger partial charge is 0.329 e. The van der Waals surface area contributed by atoms with Crippen LogP contribution in [-0.4, -0.2) is 27.3 Å². The van der Waals surface area contributed by atoms with Crippen LogP contribution in [-0.2, 0) is 13.0 Å². The maximum absolute atomic E-state index is 12.1. The molecule has 2 rings (SSSR count). The number of halogens is 2. The summed E-state index contributed by atoms with van der Waals surface area (Å²) in [5, 5.41) is 8.22. The highest BCUT2D eigenvalue weighted by Crippen LogP contribution is 2.22. The SMILES string of the molecule is NCCn1cc(C(=O)Cc2ccc(Br)cc2Cl)nn1. The van der Waals surface area contributed by atoms with Gasteiger partial charge in [-0.2, -0.15) is 0 Å². The number of carbonyl (C=O) groups is 1. The molecule has 2 N–H and O–H groups in total. The minimum Gasteiger partial charge on any atom is -0.329 e. The van der Waals surface area contributed by atoms with Crippen molar-refractivity contribution < 1.29 is 4.79 Å². The number of carbonyl (C=O) groups excluding carboxylic acids is 1. The molecule has 5 nitrogen and oxygen atoms in total. The highest BCUT2D eigenvalue weighted by Gasteiger charge is 2.13. The third kappa shape index (κ3) is 3.62.